The summed E-state index contributed by atoms with van der Waals surface area (Å²) in [6.45, 7) is 0.550. The minimum Gasteiger partial charge on any atom is -0.351 e. The summed E-state index contributed by atoms with van der Waals surface area (Å²) in [6, 6.07) is 2.56. The van der Waals surface area contributed by atoms with Crippen LogP contribution in [0.3, 0.4) is 0 Å². The van der Waals surface area contributed by atoms with E-state index in [9.17, 15) is 14.4 Å². The Hall–Kier alpha value is -2.18. The number of H-pyrrole nitrogens is 1. The van der Waals surface area contributed by atoms with Crippen molar-refractivity contribution in [1.82, 2.24) is 20.4 Å². The highest BCUT2D eigenvalue weighted by molar-refractivity contribution is 5.96. The Bertz CT molecular complexity index is 735. The fraction of sp³-hybridized carbons (Fsp3) is 0.700. The zero-order valence-corrected chi connectivity index (χ0v) is 15.7. The van der Waals surface area contributed by atoms with Crippen LogP contribution in [0.4, 0.5) is 0 Å². The topological polar surface area (TPSA) is 95.2 Å². The van der Waals surface area contributed by atoms with Gasteiger partial charge in [0.1, 0.15) is 11.7 Å². The number of aromatic nitrogens is 2. The van der Waals surface area contributed by atoms with Gasteiger partial charge in [0.05, 0.1) is 0 Å². The fourth-order valence-electron chi connectivity index (χ4n) is 4.80. The van der Waals surface area contributed by atoms with Gasteiger partial charge in [-0.3, -0.25) is 14.4 Å². The van der Waals surface area contributed by atoms with Gasteiger partial charge in [-0.1, -0.05) is 32.1 Å². The number of piperidine rings is 1. The van der Waals surface area contributed by atoms with Crippen molar-refractivity contribution in [3.8, 4) is 0 Å². The van der Waals surface area contributed by atoms with Gasteiger partial charge in [-0.2, -0.15) is 5.10 Å². The van der Waals surface area contributed by atoms with Gasteiger partial charge in [-0.25, -0.2) is 5.10 Å². The first-order valence-electron chi connectivity index (χ1n) is 10.3. The highest BCUT2D eigenvalue weighted by atomic mass is 16.2. The number of likely N-dealkylation sites (tertiary alicyclic amines) is 1. The molecule has 3 fully saturated rings. The molecule has 1 aliphatic heterocycles. The van der Waals surface area contributed by atoms with Crippen LogP contribution in [0.15, 0.2) is 16.9 Å². The molecule has 0 aromatic carbocycles. The molecule has 0 spiro atoms. The molecule has 2 N–H and O–H groups in total. The maximum Gasteiger partial charge on any atom is 0.274 e. The molecular formula is C20H28N4O3. The molecule has 0 bridgehead atoms. The molecule has 146 valence electrons. The third kappa shape index (κ3) is 4.06. The molecule has 4 rings (SSSR count). The summed E-state index contributed by atoms with van der Waals surface area (Å²) < 4.78 is 0. The minimum absolute atomic E-state index is 0.0317. The Labute approximate surface area is 158 Å². The summed E-state index contributed by atoms with van der Waals surface area (Å²) in [5, 5.41) is 9.33. The van der Waals surface area contributed by atoms with Crippen molar-refractivity contribution in [2.75, 3.05) is 6.54 Å². The smallest absolute Gasteiger partial charge is 0.274 e. The van der Waals surface area contributed by atoms with E-state index in [1.54, 1.807) is 4.90 Å². The van der Waals surface area contributed by atoms with Crippen molar-refractivity contribution in [1.29, 1.82) is 0 Å². The molecule has 27 heavy (non-hydrogen) atoms. The molecular weight excluding hydrogens is 344 g/mol. The molecule has 0 unspecified atom stereocenters. The second-order valence-corrected chi connectivity index (χ2v) is 8.23. The number of nitrogens with one attached hydrogen (secondary N) is 2. The van der Waals surface area contributed by atoms with E-state index in [2.05, 4.69) is 15.5 Å². The summed E-state index contributed by atoms with van der Waals surface area (Å²) >= 11 is 0. The number of amides is 2. The molecule has 3 atom stereocenters. The first-order chi connectivity index (χ1) is 13.1. The molecule has 2 saturated carbocycles. The average molecular weight is 372 g/mol. The number of carbonyl (C=O) groups excluding carboxylic acids is 2. The van der Waals surface area contributed by atoms with Gasteiger partial charge >= 0.3 is 0 Å². The monoisotopic (exact) mass is 372 g/mol. The third-order valence-corrected chi connectivity index (χ3v) is 6.39. The summed E-state index contributed by atoms with van der Waals surface area (Å²) in [7, 11) is 0. The van der Waals surface area contributed by atoms with E-state index in [-0.39, 0.29) is 29.1 Å². The van der Waals surface area contributed by atoms with Gasteiger partial charge < -0.3 is 10.2 Å². The normalized spacial score (nSPS) is 28.6. The maximum atomic E-state index is 12.9. The summed E-state index contributed by atoms with van der Waals surface area (Å²) in [5.74, 6) is 1.07. The Kier molecular flexibility index (Phi) is 5.27. The first kappa shape index (κ1) is 18.2. The van der Waals surface area contributed by atoms with Gasteiger partial charge in [-0.05, 0) is 43.6 Å². The van der Waals surface area contributed by atoms with E-state index in [4.69, 9.17) is 0 Å². The number of aromatic amines is 1. The molecule has 2 heterocycles. The second-order valence-electron chi connectivity index (χ2n) is 8.23. The number of hydrogen-bond acceptors (Lipinski definition) is 4. The molecule has 1 aromatic heterocycles. The van der Waals surface area contributed by atoms with Crippen molar-refractivity contribution in [2.45, 2.75) is 69.9 Å². The Morgan fingerprint density at radius 2 is 1.85 bits per heavy atom. The summed E-state index contributed by atoms with van der Waals surface area (Å²) in [6.07, 6.45) is 10.2. The second kappa shape index (κ2) is 7.82. The lowest BCUT2D eigenvalue weighted by Crippen LogP contribution is -2.52. The lowest BCUT2D eigenvalue weighted by Gasteiger charge is -2.34. The van der Waals surface area contributed by atoms with E-state index in [1.807, 2.05) is 0 Å². The van der Waals surface area contributed by atoms with Crippen molar-refractivity contribution in [2.24, 2.45) is 11.8 Å². The van der Waals surface area contributed by atoms with Crippen molar-refractivity contribution in [3.05, 3.63) is 28.2 Å². The Morgan fingerprint density at radius 1 is 1.07 bits per heavy atom. The van der Waals surface area contributed by atoms with Crippen LogP contribution in [0.2, 0.25) is 0 Å². The summed E-state index contributed by atoms with van der Waals surface area (Å²) in [5.41, 5.74) is -0.164. The largest absolute Gasteiger partial charge is 0.351 e. The summed E-state index contributed by atoms with van der Waals surface area (Å²) in [4.78, 5) is 38.5. The lowest BCUT2D eigenvalue weighted by molar-refractivity contribution is -0.126. The lowest BCUT2D eigenvalue weighted by atomic mass is 9.85. The van der Waals surface area contributed by atoms with Crippen LogP contribution in [-0.4, -0.2) is 45.5 Å². The van der Waals surface area contributed by atoms with E-state index < -0.39 is 6.04 Å². The Morgan fingerprint density at radius 3 is 2.59 bits per heavy atom. The van der Waals surface area contributed by atoms with Gasteiger partial charge in [0.2, 0.25) is 5.91 Å². The molecule has 7 heteroatoms. The number of rotatable bonds is 4. The van der Waals surface area contributed by atoms with Gasteiger partial charge in [0.25, 0.3) is 11.5 Å². The molecule has 1 aromatic rings. The molecule has 3 aliphatic rings. The maximum absolute atomic E-state index is 12.9. The third-order valence-electron chi connectivity index (χ3n) is 6.39. The van der Waals surface area contributed by atoms with E-state index in [1.165, 1.54) is 44.2 Å². The van der Waals surface area contributed by atoms with Crippen LogP contribution in [0.5, 0.6) is 0 Å². The average Bonchev–Trinajstić information content (AvgIpc) is 3.48. The quantitative estimate of drug-likeness (QED) is 0.843. The van der Waals surface area contributed by atoms with Crippen LogP contribution >= 0.6 is 0 Å². The van der Waals surface area contributed by atoms with E-state index >= 15 is 0 Å². The predicted molar refractivity (Wildman–Crippen MR) is 100 cm³/mol. The fourth-order valence-corrected chi connectivity index (χ4v) is 4.80. The molecule has 0 radical (unpaired) electrons. The first-order valence-corrected chi connectivity index (χ1v) is 10.3. The van der Waals surface area contributed by atoms with Crippen LogP contribution in [0.25, 0.3) is 0 Å². The van der Waals surface area contributed by atoms with Crippen LogP contribution in [0, 0.1) is 11.8 Å². The zero-order valence-electron chi connectivity index (χ0n) is 15.7. The molecule has 7 nitrogen and oxygen atoms in total. The van der Waals surface area contributed by atoms with E-state index in [0.717, 1.165) is 25.2 Å². The molecule has 2 amide bonds. The van der Waals surface area contributed by atoms with E-state index in [0.29, 0.717) is 18.9 Å². The zero-order chi connectivity index (χ0) is 18.8. The van der Waals surface area contributed by atoms with Crippen LogP contribution in [-0.2, 0) is 4.79 Å². The van der Waals surface area contributed by atoms with Crippen molar-refractivity contribution in [3.63, 3.8) is 0 Å². The van der Waals surface area contributed by atoms with Crippen molar-refractivity contribution < 1.29 is 9.59 Å². The standard InChI is InChI=1S/C20H28N4O3/c25-18-10-9-15(22-23-18)20(27)24-11-5-4-8-17(24)19(26)21-16-12-14(16)13-6-2-1-3-7-13/h9-10,13-14,16-17H,1-8,11-12H2,(H,21,26)(H,23,25)/t14-,16+,17-/m0/s1. The Balaban J connectivity index is 1.38. The molecule has 1 saturated heterocycles. The highest BCUT2D eigenvalue weighted by Crippen LogP contribution is 2.44. The van der Waals surface area contributed by atoms with Gasteiger partial charge in [0, 0.05) is 18.7 Å². The van der Waals surface area contributed by atoms with Gasteiger partial charge in [-0.15, -0.1) is 0 Å². The van der Waals surface area contributed by atoms with Gasteiger partial charge in [0.15, 0.2) is 0 Å². The number of nitrogens with zero attached hydrogens (tertiary/aromatic N) is 2. The minimum atomic E-state index is -0.437. The number of carbonyl (C=O) groups is 2. The van der Waals surface area contributed by atoms with Crippen LogP contribution in [0.1, 0.15) is 68.3 Å². The number of hydrogen-bond donors (Lipinski definition) is 2. The highest BCUT2D eigenvalue weighted by Gasteiger charge is 2.45. The predicted octanol–water partition coefficient (Wildman–Crippen LogP) is 1.85. The molecule has 2 aliphatic carbocycles. The van der Waals surface area contributed by atoms with Crippen LogP contribution < -0.4 is 10.9 Å². The van der Waals surface area contributed by atoms with Crippen molar-refractivity contribution >= 4 is 11.8 Å². The SMILES string of the molecule is O=C(N[C@@H]1C[C@H]1C1CCCCC1)[C@@H]1CCCCN1C(=O)c1ccc(=O)[nH]n1.